The van der Waals surface area contributed by atoms with Crippen LogP contribution in [0.5, 0.6) is 11.5 Å². The Kier molecular flexibility index (Phi) is 12.5. The third-order valence-electron chi connectivity index (χ3n) is 7.68. The van der Waals surface area contributed by atoms with Crippen LogP contribution in [0.3, 0.4) is 0 Å². The quantitative estimate of drug-likeness (QED) is 0.124. The van der Waals surface area contributed by atoms with Gasteiger partial charge in [-0.25, -0.2) is 0 Å². The van der Waals surface area contributed by atoms with Gasteiger partial charge in [-0.15, -0.1) is 0 Å². The van der Waals surface area contributed by atoms with Crippen molar-refractivity contribution in [3.8, 4) is 22.6 Å². The van der Waals surface area contributed by atoms with E-state index in [2.05, 4.69) is 10.7 Å². The fraction of sp³-hybridized carbons (Fsp3) is 0.441. The van der Waals surface area contributed by atoms with Crippen LogP contribution >= 0.6 is 11.3 Å². The molecule has 9 heteroatoms. The molecule has 0 unspecified atom stereocenters. The molecule has 0 saturated heterocycles. The summed E-state index contributed by atoms with van der Waals surface area (Å²) >= 11 is 1.62. The minimum absolute atomic E-state index is 0.0113. The van der Waals surface area contributed by atoms with E-state index in [0.717, 1.165) is 73.6 Å². The van der Waals surface area contributed by atoms with E-state index in [1.165, 1.54) is 0 Å². The molecule has 8 nitrogen and oxygen atoms in total. The minimum Gasteiger partial charge on any atom is -0.494 e. The van der Waals surface area contributed by atoms with Gasteiger partial charge in [0.15, 0.2) is 0 Å². The normalized spacial score (nSPS) is 12.8. The van der Waals surface area contributed by atoms with Crippen molar-refractivity contribution in [2.75, 3.05) is 13.2 Å². The molecular formula is C34H41NO7S. The van der Waals surface area contributed by atoms with E-state index in [0.29, 0.717) is 36.5 Å². The molecule has 1 saturated carbocycles. The van der Waals surface area contributed by atoms with Gasteiger partial charge in [-0.2, -0.15) is 11.3 Å². The van der Waals surface area contributed by atoms with Crippen LogP contribution < -0.4 is 14.8 Å². The van der Waals surface area contributed by atoms with Crippen molar-refractivity contribution in [3.63, 3.8) is 0 Å². The average molecular weight is 608 g/mol. The first-order valence-corrected chi connectivity index (χ1v) is 16.1. The number of ether oxygens (including phenoxy) is 2. The Labute approximate surface area is 257 Å². The molecule has 1 heterocycles. The van der Waals surface area contributed by atoms with Crippen LogP contribution in [0.15, 0.2) is 53.2 Å². The van der Waals surface area contributed by atoms with Crippen LogP contribution in [0.2, 0.25) is 0 Å². The van der Waals surface area contributed by atoms with E-state index in [1.54, 1.807) is 11.3 Å². The zero-order valence-corrected chi connectivity index (χ0v) is 25.3. The molecule has 0 aliphatic heterocycles. The van der Waals surface area contributed by atoms with E-state index in [4.69, 9.17) is 14.6 Å². The summed E-state index contributed by atoms with van der Waals surface area (Å²) in [4.78, 5) is 34.9. The second-order valence-corrected chi connectivity index (χ2v) is 11.8. The lowest BCUT2D eigenvalue weighted by Gasteiger charge is -2.26. The highest BCUT2D eigenvalue weighted by Crippen LogP contribution is 2.29. The molecule has 2 aromatic carbocycles. The number of benzene rings is 2. The fourth-order valence-electron chi connectivity index (χ4n) is 5.09. The number of aliphatic carboxylic acids is 2. The smallest absolute Gasteiger partial charge is 0.303 e. The first-order valence-electron chi connectivity index (χ1n) is 15.2. The summed E-state index contributed by atoms with van der Waals surface area (Å²) in [5, 5.41) is 25.3. The number of carboxylic acids is 2. The van der Waals surface area contributed by atoms with Crippen molar-refractivity contribution >= 4 is 29.2 Å². The van der Waals surface area contributed by atoms with Crippen LogP contribution in [-0.4, -0.2) is 47.3 Å². The maximum absolute atomic E-state index is 12.9. The number of aryl methyl sites for hydroxylation is 1. The van der Waals surface area contributed by atoms with Crippen molar-refractivity contribution in [3.05, 3.63) is 69.9 Å². The molecule has 0 radical (unpaired) electrons. The molecule has 230 valence electrons. The van der Waals surface area contributed by atoms with Crippen LogP contribution in [-0.2, 0) is 22.4 Å². The molecule has 0 atom stereocenters. The van der Waals surface area contributed by atoms with Crippen molar-refractivity contribution < 1.29 is 34.1 Å². The topological polar surface area (TPSA) is 122 Å². The maximum Gasteiger partial charge on any atom is 0.303 e. The highest BCUT2D eigenvalue weighted by molar-refractivity contribution is 7.08. The number of thiophene rings is 1. The zero-order valence-electron chi connectivity index (χ0n) is 24.5. The SMILES string of the molecule is O=C(O)CCCOc1cccc(CCCCCCOc2cc(C(=O)NC3CCC3)cc(-c3ccsc3)c2)c1CCC(=O)O. The summed E-state index contributed by atoms with van der Waals surface area (Å²) in [6.07, 6.45) is 8.67. The monoisotopic (exact) mass is 607 g/mol. The molecule has 1 aromatic heterocycles. The molecule has 1 amide bonds. The Balaban J connectivity index is 1.26. The van der Waals surface area contributed by atoms with E-state index in [1.807, 2.05) is 47.8 Å². The standard InChI is InChI=1S/C34H41NO7S/c36-32(37)13-7-18-42-31-12-5-9-24(30(31)14-15-33(38)39)8-3-1-2-4-17-41-29-21-26(25-16-19-43-23-25)20-27(22-29)34(40)35-28-10-6-11-28/h5,9,12,16,19-23,28H,1-4,6-8,10-11,13-15,17-18H2,(H,35,40)(H,36,37)(H,38,39). The van der Waals surface area contributed by atoms with Gasteiger partial charge < -0.3 is 25.0 Å². The predicted octanol–water partition coefficient (Wildman–Crippen LogP) is 7.14. The summed E-state index contributed by atoms with van der Waals surface area (Å²) in [5.74, 6) is -0.437. The van der Waals surface area contributed by atoms with Gasteiger partial charge in [0.25, 0.3) is 5.91 Å². The second-order valence-electron chi connectivity index (χ2n) is 11.0. The number of rotatable bonds is 19. The van der Waals surface area contributed by atoms with E-state index < -0.39 is 11.9 Å². The zero-order chi connectivity index (χ0) is 30.4. The van der Waals surface area contributed by atoms with Gasteiger partial charge in [-0.1, -0.05) is 25.0 Å². The molecule has 0 spiro atoms. The molecule has 1 aliphatic rings. The van der Waals surface area contributed by atoms with Gasteiger partial charge in [0.2, 0.25) is 0 Å². The number of hydrogen-bond acceptors (Lipinski definition) is 6. The Morgan fingerprint density at radius 3 is 2.35 bits per heavy atom. The number of hydrogen-bond donors (Lipinski definition) is 3. The van der Waals surface area contributed by atoms with E-state index in [9.17, 15) is 19.5 Å². The van der Waals surface area contributed by atoms with Gasteiger partial charge in [-0.05, 0) is 115 Å². The average Bonchev–Trinajstić information content (AvgIpc) is 3.51. The number of unbranched alkanes of at least 4 members (excludes halogenated alkanes) is 3. The number of carbonyl (C=O) groups excluding carboxylic acids is 1. The molecule has 1 aliphatic carbocycles. The van der Waals surface area contributed by atoms with Gasteiger partial charge in [-0.3, -0.25) is 14.4 Å². The Hall–Kier alpha value is -3.85. The largest absolute Gasteiger partial charge is 0.494 e. The maximum atomic E-state index is 12.9. The lowest BCUT2D eigenvalue weighted by molar-refractivity contribution is -0.138. The van der Waals surface area contributed by atoms with E-state index >= 15 is 0 Å². The van der Waals surface area contributed by atoms with Crippen molar-refractivity contribution in [2.45, 2.75) is 83.1 Å². The lowest BCUT2D eigenvalue weighted by atomic mass is 9.93. The van der Waals surface area contributed by atoms with Gasteiger partial charge in [0, 0.05) is 24.4 Å². The molecular weight excluding hydrogens is 566 g/mol. The first kappa shape index (κ1) is 32.1. The highest BCUT2D eigenvalue weighted by atomic mass is 32.1. The lowest BCUT2D eigenvalue weighted by Crippen LogP contribution is -2.39. The highest BCUT2D eigenvalue weighted by Gasteiger charge is 2.21. The summed E-state index contributed by atoms with van der Waals surface area (Å²) in [6.45, 7) is 0.832. The Morgan fingerprint density at radius 2 is 1.63 bits per heavy atom. The summed E-state index contributed by atoms with van der Waals surface area (Å²) < 4.78 is 12.0. The summed E-state index contributed by atoms with van der Waals surface area (Å²) in [7, 11) is 0. The van der Waals surface area contributed by atoms with Crippen LogP contribution in [0.25, 0.3) is 11.1 Å². The second kappa shape index (κ2) is 16.7. The minimum atomic E-state index is -0.864. The molecule has 43 heavy (non-hydrogen) atoms. The number of carboxylic acid groups (broad SMARTS) is 2. The summed E-state index contributed by atoms with van der Waals surface area (Å²) in [5.41, 5.74) is 4.64. The fourth-order valence-corrected chi connectivity index (χ4v) is 5.76. The first-order chi connectivity index (χ1) is 20.9. The van der Waals surface area contributed by atoms with Crippen LogP contribution in [0.4, 0.5) is 0 Å². The predicted molar refractivity (Wildman–Crippen MR) is 167 cm³/mol. The third kappa shape index (κ3) is 10.4. The number of amides is 1. The number of nitrogens with one attached hydrogen (secondary N) is 1. The van der Waals surface area contributed by atoms with Crippen molar-refractivity contribution in [1.82, 2.24) is 5.32 Å². The van der Waals surface area contributed by atoms with Crippen molar-refractivity contribution in [1.29, 1.82) is 0 Å². The van der Waals surface area contributed by atoms with Gasteiger partial charge in [0.1, 0.15) is 11.5 Å². The molecule has 1 fully saturated rings. The van der Waals surface area contributed by atoms with Crippen molar-refractivity contribution in [2.24, 2.45) is 0 Å². The third-order valence-corrected chi connectivity index (χ3v) is 8.37. The molecule has 4 rings (SSSR count). The molecule has 3 aromatic rings. The van der Waals surface area contributed by atoms with Crippen LogP contribution in [0, 0.1) is 0 Å². The Morgan fingerprint density at radius 1 is 0.837 bits per heavy atom. The molecule has 0 bridgehead atoms. The summed E-state index contributed by atoms with van der Waals surface area (Å²) in [6, 6.07) is 13.8. The van der Waals surface area contributed by atoms with Gasteiger partial charge >= 0.3 is 11.9 Å². The number of carbonyl (C=O) groups is 3. The Bertz CT molecular complexity index is 1350. The van der Waals surface area contributed by atoms with E-state index in [-0.39, 0.29) is 31.4 Å². The van der Waals surface area contributed by atoms with Gasteiger partial charge in [0.05, 0.1) is 13.2 Å². The molecule has 3 N–H and O–H groups in total. The van der Waals surface area contributed by atoms with Crippen LogP contribution in [0.1, 0.15) is 85.7 Å².